The Balaban J connectivity index is 0.000000244. The van der Waals surface area contributed by atoms with E-state index in [4.69, 9.17) is 23.7 Å². The van der Waals surface area contributed by atoms with Crippen molar-refractivity contribution in [3.63, 3.8) is 0 Å². The predicted molar refractivity (Wildman–Crippen MR) is 363 cm³/mol. The van der Waals surface area contributed by atoms with E-state index in [0.717, 1.165) is 19.1 Å². The van der Waals surface area contributed by atoms with Crippen molar-refractivity contribution in [1.82, 2.24) is 0 Å². The molecule has 11 aromatic rings. The Labute approximate surface area is 639 Å². The van der Waals surface area contributed by atoms with E-state index >= 15 is 35.1 Å². The van der Waals surface area contributed by atoms with Gasteiger partial charge in [-0.3, -0.25) is 0 Å². The maximum Gasteiger partial charge on any atom is 0.532 e. The fourth-order valence-electron chi connectivity index (χ4n) is 11.0. The van der Waals surface area contributed by atoms with Crippen LogP contribution in [0.4, 0.5) is 123 Å². The van der Waals surface area contributed by atoms with Gasteiger partial charge in [-0.15, -0.1) is 27.3 Å². The van der Waals surface area contributed by atoms with Gasteiger partial charge in [-0.05, 0) is 74.1 Å². The largest absolute Gasteiger partial charge is 0.532 e. The molecule has 0 aliphatic rings. The molecule has 0 bridgehead atoms. The standard InChI is InChI=1S/C24BF20.C19H16.C16H18I.C12F4N4.C7H6BF4.CH4/c26-5-1(6(27)14(35)21(42)13(5)34)25(2-7(28)15(36)22(43)16(37)8(2)29,3-9(30)17(38)23(44)18(39)10(3)31)4-11(32)19(40)24(45)20(41)12(4)33;1-4-10-16(11-5-1)19(17-12-6-2-7-13-17)18-14-8-3-9-15-18;1-12(2)14-6-10-16(11-7-14)17-15-8-4-13(3)5-9-15;1-19-12(20-2)7-10(15)8(13)6(5(3-17)4-18)9(14)11(7)16;1-2-4(9)6(11)3(8)7(12)5(2)10;/h;1-15,19H;4-12H,1-3H3;;1,8H3;1H4/q-1;;+1;;-1;. The maximum atomic E-state index is 15.4. The van der Waals surface area contributed by atoms with Crippen LogP contribution < -0.4 is 59.0 Å². The highest BCUT2D eigenvalue weighted by atomic mass is 127. The zero-order valence-electron chi connectivity index (χ0n) is 56.3. The van der Waals surface area contributed by atoms with E-state index in [0.29, 0.717) is 11.8 Å². The number of rotatable bonds is 10. The lowest BCUT2D eigenvalue weighted by Crippen LogP contribution is -3.61. The maximum absolute atomic E-state index is 15.4. The van der Waals surface area contributed by atoms with Gasteiger partial charge in [0.1, 0.15) is 100 Å². The number of nitriles is 2. The average Bonchev–Trinajstić information content (AvgIpc) is 0.680. The van der Waals surface area contributed by atoms with E-state index in [1.807, 2.05) is 0 Å². The molecule has 0 atom stereocenters. The molecule has 0 aliphatic carbocycles. The molecular formula is C79H44B2F28IN4-. The Kier molecular flexibility index (Phi) is 30.3. The highest BCUT2D eigenvalue weighted by Crippen LogP contribution is 2.34. The molecule has 0 aromatic heterocycles. The molecule has 4 nitrogen and oxygen atoms in total. The summed E-state index contributed by atoms with van der Waals surface area (Å²) >= 11 is -0.0167. The lowest BCUT2D eigenvalue weighted by atomic mass is 9.12. The van der Waals surface area contributed by atoms with Crippen LogP contribution >= 0.6 is 0 Å². The predicted octanol–water partition coefficient (Wildman–Crippen LogP) is 14.5. The van der Waals surface area contributed by atoms with Gasteiger partial charge in [-0.25, -0.2) is 123 Å². The number of nitrogens with zero attached hydrogens (tertiary/aromatic N) is 4. The molecule has 0 spiro atoms. The molecule has 11 aromatic carbocycles. The summed E-state index contributed by atoms with van der Waals surface area (Å²) in [6.45, 7) is 20.7. The summed E-state index contributed by atoms with van der Waals surface area (Å²) in [4.78, 5) is 4.92. The molecule has 0 heterocycles. The first kappa shape index (κ1) is 90.9. The number of benzene rings is 11. The van der Waals surface area contributed by atoms with Crippen molar-refractivity contribution in [2.45, 2.75) is 47.0 Å². The highest BCUT2D eigenvalue weighted by Gasteiger charge is 2.52. The van der Waals surface area contributed by atoms with Crippen LogP contribution in [-0.4, -0.2) is 14.0 Å². The third-order valence-corrected chi connectivity index (χ3v) is 19.0. The Morgan fingerprint density at radius 3 is 0.825 bits per heavy atom. The molecule has 35 heteroatoms. The number of halogens is 29. The molecule has 0 saturated heterocycles. The van der Waals surface area contributed by atoms with Gasteiger partial charge in [0, 0.05) is 11.5 Å². The number of aryl methyl sites for hydroxylation is 1. The summed E-state index contributed by atoms with van der Waals surface area (Å²) in [5, 5.41) is 14.0. The second kappa shape index (κ2) is 38.0. The van der Waals surface area contributed by atoms with Crippen LogP contribution in [0.3, 0.4) is 0 Å². The topological polar surface area (TPSA) is 56.3 Å². The lowest BCUT2D eigenvalue weighted by molar-refractivity contribution is -0.597. The zero-order chi connectivity index (χ0) is 84.4. The minimum Gasteiger partial charge on any atom is -0.207 e. The van der Waals surface area contributed by atoms with Gasteiger partial charge in [0.25, 0.3) is 0 Å². The SMILES string of the molecule is C.Cc1ccc([I+]c2ccc(C(C)C)cc2)cc1.Fc1c(F)c(F)c([B-](c2c(F)c(F)c(F)c(F)c2F)(c2c(F)c(F)c(F)c(F)c2F)c2c(F)c(F)c(F)c(F)c2F)c(F)c1F.[BH3-]c1c(F)c(F)c(C)c(F)c1F.[C-]#[N+]C([N+]#[C-])=c1c(F)c(F)c(=C(C#N)C#N)c(F)c1F.c1ccc(C(c2ccccc2)c2ccccc2)cc1. The summed E-state index contributed by atoms with van der Waals surface area (Å²) < 4.78 is 402. The molecule has 0 unspecified atom stereocenters. The van der Waals surface area contributed by atoms with Gasteiger partial charge in [0.15, 0.2) is 112 Å². The Morgan fingerprint density at radius 1 is 0.333 bits per heavy atom. The first-order valence-electron chi connectivity index (χ1n) is 30.8. The normalized spacial score (nSPS) is 10.8. The molecule has 0 fully saturated rings. The van der Waals surface area contributed by atoms with Gasteiger partial charge >= 0.3 is 27.0 Å². The Bertz CT molecular complexity index is 5100. The second-order valence-electron chi connectivity index (χ2n) is 23.2. The Hall–Kier alpha value is -12.0. The van der Waals surface area contributed by atoms with Crippen molar-refractivity contribution >= 4 is 52.7 Å². The molecule has 11 rings (SSSR count). The number of hydrogen-bond donors (Lipinski definition) is 0. The first-order valence-corrected chi connectivity index (χ1v) is 33.0. The minimum atomic E-state index is -7.22. The molecule has 0 saturated carbocycles. The van der Waals surface area contributed by atoms with Crippen LogP contribution in [0.25, 0.3) is 21.1 Å². The fraction of sp³-hybridized carbons (Fsp3) is 0.0886. The third-order valence-electron chi connectivity index (χ3n) is 16.3. The molecule has 590 valence electrons. The van der Waals surface area contributed by atoms with Crippen LogP contribution in [0.15, 0.2) is 140 Å². The van der Waals surface area contributed by atoms with E-state index in [2.05, 4.69) is 170 Å². The van der Waals surface area contributed by atoms with Crippen molar-refractivity contribution in [1.29, 1.82) is 10.5 Å². The van der Waals surface area contributed by atoms with E-state index in [1.165, 1.54) is 35.0 Å². The van der Waals surface area contributed by atoms with Crippen LogP contribution in [0.2, 0.25) is 0 Å². The molecule has 114 heavy (non-hydrogen) atoms. The Morgan fingerprint density at radius 2 is 0.579 bits per heavy atom. The average molecular weight is 1730 g/mol. The second-order valence-corrected chi connectivity index (χ2v) is 26.3. The van der Waals surface area contributed by atoms with Gasteiger partial charge in [0.05, 0.1) is 5.22 Å². The van der Waals surface area contributed by atoms with Crippen molar-refractivity contribution < 1.29 is 144 Å². The summed E-state index contributed by atoms with van der Waals surface area (Å²) in [6.07, 6.45) is -7.22. The summed E-state index contributed by atoms with van der Waals surface area (Å²) in [7, 11) is -0.888. The van der Waals surface area contributed by atoms with E-state index in [9.17, 15) is 87.8 Å². The summed E-state index contributed by atoms with van der Waals surface area (Å²) in [5.74, 6) is -84.7. The summed E-state index contributed by atoms with van der Waals surface area (Å²) in [6, 6.07) is 52.3. The molecule has 0 aliphatic heterocycles. The van der Waals surface area contributed by atoms with E-state index in [1.54, 1.807) is 0 Å². The molecular weight excluding hydrogens is 1690 g/mol. The third kappa shape index (κ3) is 17.6. The van der Waals surface area contributed by atoms with Gasteiger partial charge in [-0.2, -0.15) is 20.2 Å². The van der Waals surface area contributed by atoms with Crippen molar-refractivity contribution in [2.24, 2.45) is 0 Å². The van der Waals surface area contributed by atoms with Crippen molar-refractivity contribution in [2.75, 3.05) is 0 Å². The van der Waals surface area contributed by atoms with Crippen LogP contribution in [0.1, 0.15) is 66.5 Å². The molecule has 0 N–H and O–H groups in total. The smallest absolute Gasteiger partial charge is 0.207 e. The quantitative estimate of drug-likeness (QED) is 0.0261. The molecule has 0 amide bonds. The van der Waals surface area contributed by atoms with Gasteiger partial charge in [-0.1, -0.05) is 142 Å². The van der Waals surface area contributed by atoms with Gasteiger partial charge in [0.2, 0.25) is 0 Å². The van der Waals surface area contributed by atoms with E-state index < -0.39 is 226 Å². The van der Waals surface area contributed by atoms with Crippen LogP contribution in [0.5, 0.6) is 0 Å². The summed E-state index contributed by atoms with van der Waals surface area (Å²) in [5.41, 5.74) is -9.70. The first-order chi connectivity index (χ1) is 53.2. The zero-order valence-corrected chi connectivity index (χ0v) is 58.4. The van der Waals surface area contributed by atoms with Gasteiger partial charge < -0.3 is 0 Å². The van der Waals surface area contributed by atoms with Crippen LogP contribution in [0, 0.1) is 220 Å². The minimum absolute atomic E-state index is 0. The van der Waals surface area contributed by atoms with E-state index in [-0.39, 0.29) is 34.1 Å². The highest BCUT2D eigenvalue weighted by molar-refractivity contribution is 7.20. The fourth-order valence-corrected chi connectivity index (χ4v) is 13.1. The number of hydrogen-bond acceptors (Lipinski definition) is 2. The molecule has 0 radical (unpaired) electrons. The van der Waals surface area contributed by atoms with Crippen molar-refractivity contribution in [3.05, 3.63) is 376 Å². The monoisotopic (exact) mass is 1730 g/mol. The van der Waals surface area contributed by atoms with Crippen molar-refractivity contribution in [3.8, 4) is 12.1 Å². The lowest BCUT2D eigenvalue weighted by Gasteiger charge is -2.44. The van der Waals surface area contributed by atoms with Crippen LogP contribution in [-0.2, 0) is 0 Å².